The first-order valence-electron chi connectivity index (χ1n) is 6.41. The lowest BCUT2D eigenvalue weighted by atomic mass is 10.0. The summed E-state index contributed by atoms with van der Waals surface area (Å²) in [5.74, 6) is 0.231. The summed E-state index contributed by atoms with van der Waals surface area (Å²) in [6, 6.07) is 7.49. The Morgan fingerprint density at radius 1 is 1.53 bits per heavy atom. The molecule has 3 atom stereocenters. The van der Waals surface area contributed by atoms with Crippen LogP contribution >= 0.6 is 0 Å². The number of benzene rings is 1. The van der Waals surface area contributed by atoms with Crippen molar-refractivity contribution in [2.24, 2.45) is 0 Å². The second-order valence-corrected chi connectivity index (χ2v) is 6.44. The highest BCUT2D eigenvalue weighted by Crippen LogP contribution is 2.37. The van der Waals surface area contributed by atoms with Gasteiger partial charge in [0, 0.05) is 4.90 Å². The molecule has 0 spiro atoms. The Bertz CT molecular complexity index is 466. The first-order valence-corrected chi connectivity index (χ1v) is 7.73. The number of hydrogen-bond acceptors (Lipinski definition) is 2. The molecule has 0 aliphatic carbocycles. The molecule has 2 nitrogen and oxygen atoms in total. The molecule has 1 saturated heterocycles. The standard InChI is InChI=1S/C15H19FO2S/c1-3-4-5-14(16)15(10-18-15)11-19(17)13-8-6-12(2)7-9-13/h3,6-9,14H,1,4-5,10-11H2,2H3/t14-,15+,19?/m1/s1. The Balaban J connectivity index is 1.98. The summed E-state index contributed by atoms with van der Waals surface area (Å²) in [5, 5.41) is 0. The van der Waals surface area contributed by atoms with Crippen molar-refractivity contribution in [3.05, 3.63) is 42.5 Å². The first-order chi connectivity index (χ1) is 9.07. The number of halogens is 1. The van der Waals surface area contributed by atoms with Crippen molar-refractivity contribution in [3.8, 4) is 0 Å². The predicted octanol–water partition coefficient (Wildman–Crippen LogP) is 3.18. The maximum absolute atomic E-state index is 14.1. The maximum Gasteiger partial charge on any atom is 0.134 e. The van der Waals surface area contributed by atoms with E-state index in [0.717, 1.165) is 10.5 Å². The van der Waals surface area contributed by atoms with Crippen LogP contribution in [0.2, 0.25) is 0 Å². The van der Waals surface area contributed by atoms with E-state index in [1.165, 1.54) is 0 Å². The van der Waals surface area contributed by atoms with Gasteiger partial charge in [-0.1, -0.05) is 23.8 Å². The maximum atomic E-state index is 14.1. The van der Waals surface area contributed by atoms with E-state index in [4.69, 9.17) is 4.74 Å². The molecule has 1 aromatic rings. The van der Waals surface area contributed by atoms with Crippen molar-refractivity contribution >= 4 is 10.8 Å². The summed E-state index contributed by atoms with van der Waals surface area (Å²) in [6.07, 6.45) is 1.62. The monoisotopic (exact) mass is 282 g/mol. The molecule has 1 heterocycles. The fourth-order valence-electron chi connectivity index (χ4n) is 1.97. The largest absolute Gasteiger partial charge is 0.365 e. The van der Waals surface area contributed by atoms with Crippen LogP contribution < -0.4 is 0 Å². The normalized spacial score (nSPS) is 24.7. The van der Waals surface area contributed by atoms with Gasteiger partial charge in [-0.3, -0.25) is 4.21 Å². The number of hydrogen-bond donors (Lipinski definition) is 0. The van der Waals surface area contributed by atoms with Crippen molar-refractivity contribution in [1.29, 1.82) is 0 Å². The van der Waals surface area contributed by atoms with E-state index >= 15 is 0 Å². The van der Waals surface area contributed by atoms with Gasteiger partial charge in [0.05, 0.1) is 23.2 Å². The van der Waals surface area contributed by atoms with Gasteiger partial charge in [0.1, 0.15) is 11.8 Å². The smallest absolute Gasteiger partial charge is 0.134 e. The van der Waals surface area contributed by atoms with E-state index < -0.39 is 22.6 Å². The molecule has 2 rings (SSSR count). The lowest BCUT2D eigenvalue weighted by Gasteiger charge is -2.16. The Hall–Kier alpha value is -1.00. The highest BCUT2D eigenvalue weighted by atomic mass is 32.2. The van der Waals surface area contributed by atoms with Gasteiger partial charge in [-0.15, -0.1) is 6.58 Å². The van der Waals surface area contributed by atoms with Crippen LogP contribution in [0.3, 0.4) is 0 Å². The summed E-state index contributed by atoms with van der Waals surface area (Å²) in [7, 11) is -1.22. The van der Waals surface area contributed by atoms with Crippen LogP contribution in [-0.4, -0.2) is 28.3 Å². The molecule has 1 unspecified atom stereocenters. The molecule has 1 aliphatic rings. The number of epoxide rings is 1. The Morgan fingerprint density at radius 3 is 2.68 bits per heavy atom. The molecule has 0 radical (unpaired) electrons. The fraction of sp³-hybridized carbons (Fsp3) is 0.467. The quantitative estimate of drug-likeness (QED) is 0.568. The highest BCUT2D eigenvalue weighted by molar-refractivity contribution is 7.85. The van der Waals surface area contributed by atoms with Crippen LogP contribution in [0.5, 0.6) is 0 Å². The lowest BCUT2D eigenvalue weighted by Crippen LogP contribution is -2.32. The Labute approximate surface area is 116 Å². The number of aryl methyl sites for hydroxylation is 1. The van der Waals surface area contributed by atoms with Crippen molar-refractivity contribution in [1.82, 2.24) is 0 Å². The van der Waals surface area contributed by atoms with E-state index in [0.29, 0.717) is 19.4 Å². The molecule has 0 aromatic heterocycles. The lowest BCUT2D eigenvalue weighted by molar-refractivity contribution is 0.170. The van der Waals surface area contributed by atoms with Crippen LogP contribution in [0.1, 0.15) is 18.4 Å². The summed E-state index contributed by atoms with van der Waals surface area (Å²) in [5.41, 5.74) is 0.283. The highest BCUT2D eigenvalue weighted by Gasteiger charge is 2.53. The molecule has 1 aromatic carbocycles. The molecule has 0 bridgehead atoms. The second kappa shape index (κ2) is 5.97. The summed E-state index contributed by atoms with van der Waals surface area (Å²) in [4.78, 5) is 0.733. The molecule has 19 heavy (non-hydrogen) atoms. The third-order valence-corrected chi connectivity index (χ3v) is 4.92. The molecule has 0 amide bonds. The fourth-order valence-corrected chi connectivity index (χ4v) is 3.37. The van der Waals surface area contributed by atoms with Crippen molar-refractivity contribution in [3.63, 3.8) is 0 Å². The summed E-state index contributed by atoms with van der Waals surface area (Å²) < 4.78 is 31.6. The van der Waals surface area contributed by atoms with E-state index in [2.05, 4.69) is 6.58 Å². The van der Waals surface area contributed by atoms with Crippen LogP contribution in [-0.2, 0) is 15.5 Å². The minimum atomic E-state index is -1.22. The molecule has 1 aliphatic heterocycles. The van der Waals surface area contributed by atoms with Gasteiger partial charge in [0.15, 0.2) is 0 Å². The Kier molecular flexibility index (Phi) is 4.53. The molecular formula is C15H19FO2S. The van der Waals surface area contributed by atoms with E-state index in [1.807, 2.05) is 31.2 Å². The van der Waals surface area contributed by atoms with Crippen molar-refractivity contribution in [2.45, 2.75) is 36.4 Å². The predicted molar refractivity (Wildman–Crippen MR) is 75.5 cm³/mol. The summed E-state index contributed by atoms with van der Waals surface area (Å²) in [6.45, 7) is 5.93. The summed E-state index contributed by atoms with van der Waals surface area (Å²) >= 11 is 0. The van der Waals surface area contributed by atoms with Gasteiger partial charge in [-0.25, -0.2) is 4.39 Å². The topological polar surface area (TPSA) is 29.6 Å². The van der Waals surface area contributed by atoms with Gasteiger partial charge in [0.2, 0.25) is 0 Å². The minimum absolute atomic E-state index is 0.231. The zero-order chi connectivity index (χ0) is 13.9. The molecule has 4 heteroatoms. The van der Waals surface area contributed by atoms with E-state index in [1.54, 1.807) is 6.08 Å². The van der Waals surface area contributed by atoms with Crippen molar-refractivity contribution < 1.29 is 13.3 Å². The molecule has 0 N–H and O–H groups in total. The van der Waals surface area contributed by atoms with E-state index in [-0.39, 0.29) is 5.75 Å². The van der Waals surface area contributed by atoms with Crippen LogP contribution in [0.25, 0.3) is 0 Å². The molecule has 1 fully saturated rings. The average molecular weight is 282 g/mol. The van der Waals surface area contributed by atoms with Crippen LogP contribution in [0, 0.1) is 6.92 Å². The first kappa shape index (κ1) is 14.4. The zero-order valence-corrected chi connectivity index (χ0v) is 11.9. The molecule has 0 saturated carbocycles. The number of ether oxygens (including phenoxy) is 1. The van der Waals surface area contributed by atoms with Crippen molar-refractivity contribution in [2.75, 3.05) is 12.4 Å². The van der Waals surface area contributed by atoms with Gasteiger partial charge in [0.25, 0.3) is 0 Å². The SMILES string of the molecule is C=CCC[C@@H](F)[C@@]1(CS(=O)c2ccc(C)cc2)CO1. The number of alkyl halides is 1. The third-order valence-electron chi connectivity index (χ3n) is 3.37. The second-order valence-electron chi connectivity index (χ2n) is 4.99. The van der Waals surface area contributed by atoms with Gasteiger partial charge >= 0.3 is 0 Å². The van der Waals surface area contributed by atoms with Gasteiger partial charge in [-0.2, -0.15) is 0 Å². The van der Waals surface area contributed by atoms with Crippen LogP contribution in [0.4, 0.5) is 4.39 Å². The number of rotatable bonds is 7. The minimum Gasteiger partial charge on any atom is -0.365 e. The Morgan fingerprint density at radius 2 is 2.16 bits per heavy atom. The molecule has 104 valence electrons. The van der Waals surface area contributed by atoms with Gasteiger partial charge < -0.3 is 4.74 Å². The average Bonchev–Trinajstić information content (AvgIpc) is 3.17. The molecular weight excluding hydrogens is 263 g/mol. The zero-order valence-electron chi connectivity index (χ0n) is 11.1. The number of allylic oxidation sites excluding steroid dienone is 1. The van der Waals surface area contributed by atoms with Gasteiger partial charge in [-0.05, 0) is 31.9 Å². The van der Waals surface area contributed by atoms with Crippen LogP contribution in [0.15, 0.2) is 41.8 Å². The third kappa shape index (κ3) is 3.51. The van der Waals surface area contributed by atoms with E-state index in [9.17, 15) is 8.60 Å².